The van der Waals surface area contributed by atoms with Gasteiger partial charge in [-0.15, -0.1) is 24.0 Å². The second kappa shape index (κ2) is 12.8. The van der Waals surface area contributed by atoms with Crippen molar-refractivity contribution < 1.29 is 8.95 Å². The van der Waals surface area contributed by atoms with Crippen LogP contribution in [0.2, 0.25) is 0 Å². The van der Waals surface area contributed by atoms with E-state index in [1.807, 2.05) is 27.7 Å². The Hall–Kier alpha value is 0.110. The normalized spacial score (nSPS) is 13.6. The number of methoxy groups -OCH3 is 1. The van der Waals surface area contributed by atoms with Gasteiger partial charge in [-0.3, -0.25) is 9.20 Å². The highest BCUT2D eigenvalue weighted by molar-refractivity contribution is 14.0. The van der Waals surface area contributed by atoms with Gasteiger partial charge in [-0.25, -0.2) is 0 Å². The van der Waals surface area contributed by atoms with Gasteiger partial charge >= 0.3 is 0 Å². The maximum atomic E-state index is 11.9. The van der Waals surface area contributed by atoms with Gasteiger partial charge in [0.2, 0.25) is 0 Å². The van der Waals surface area contributed by atoms with E-state index in [9.17, 15) is 4.21 Å². The standard InChI is InChI=1S/C13H29N3O2S.HI/c1-6-14-12(15-8-7-10-18-5)16-9-11-19(17)13(2,3)4;/h6-11H2,1-5H3,(H2,14,15,16);1H. The molecule has 0 heterocycles. The van der Waals surface area contributed by atoms with Crippen molar-refractivity contribution in [1.82, 2.24) is 10.6 Å². The molecule has 0 spiro atoms. The highest BCUT2D eigenvalue weighted by Gasteiger charge is 2.18. The van der Waals surface area contributed by atoms with Crippen LogP contribution in [0.5, 0.6) is 0 Å². The molecule has 5 nitrogen and oxygen atoms in total. The molecular formula is C13H30IN3O2S. The number of nitrogens with one attached hydrogen (secondary N) is 2. The predicted molar refractivity (Wildman–Crippen MR) is 98.7 cm³/mol. The summed E-state index contributed by atoms with van der Waals surface area (Å²) >= 11 is 0. The van der Waals surface area contributed by atoms with Gasteiger partial charge in [-0.05, 0) is 34.1 Å². The fourth-order valence-electron chi connectivity index (χ4n) is 1.31. The number of halogens is 1. The van der Waals surface area contributed by atoms with Gasteiger partial charge < -0.3 is 15.4 Å². The molecule has 0 aliphatic carbocycles. The average molecular weight is 419 g/mol. The van der Waals surface area contributed by atoms with Crippen LogP contribution in [-0.2, 0) is 15.5 Å². The Morgan fingerprint density at radius 1 is 1.30 bits per heavy atom. The van der Waals surface area contributed by atoms with Crippen LogP contribution in [0.3, 0.4) is 0 Å². The highest BCUT2D eigenvalue weighted by Crippen LogP contribution is 2.10. The zero-order chi connectivity index (χ0) is 14.7. The first-order chi connectivity index (χ1) is 8.91. The van der Waals surface area contributed by atoms with Crippen LogP contribution in [-0.4, -0.2) is 54.0 Å². The highest BCUT2D eigenvalue weighted by atomic mass is 127. The van der Waals surface area contributed by atoms with E-state index in [1.54, 1.807) is 7.11 Å². The van der Waals surface area contributed by atoms with Gasteiger partial charge in [-0.2, -0.15) is 0 Å². The summed E-state index contributed by atoms with van der Waals surface area (Å²) in [5.74, 6) is 1.41. The summed E-state index contributed by atoms with van der Waals surface area (Å²) in [4.78, 5) is 4.43. The van der Waals surface area contributed by atoms with E-state index >= 15 is 0 Å². The Bertz CT molecular complexity index is 294. The van der Waals surface area contributed by atoms with Crippen LogP contribution in [0.4, 0.5) is 0 Å². The maximum absolute atomic E-state index is 11.9. The Balaban J connectivity index is 0. The minimum Gasteiger partial charge on any atom is -0.385 e. The monoisotopic (exact) mass is 419 g/mol. The van der Waals surface area contributed by atoms with Crippen molar-refractivity contribution in [2.24, 2.45) is 4.99 Å². The van der Waals surface area contributed by atoms with E-state index in [-0.39, 0.29) is 28.7 Å². The van der Waals surface area contributed by atoms with Crippen LogP contribution in [0.1, 0.15) is 34.1 Å². The smallest absolute Gasteiger partial charge is 0.191 e. The summed E-state index contributed by atoms with van der Waals surface area (Å²) in [5, 5.41) is 6.38. The first kappa shape index (κ1) is 22.4. The van der Waals surface area contributed by atoms with Crippen molar-refractivity contribution in [2.45, 2.75) is 38.9 Å². The van der Waals surface area contributed by atoms with Gasteiger partial charge in [0.1, 0.15) is 0 Å². The van der Waals surface area contributed by atoms with E-state index in [0.29, 0.717) is 12.3 Å². The van der Waals surface area contributed by atoms with Gasteiger partial charge in [0.05, 0.1) is 0 Å². The molecular weight excluding hydrogens is 389 g/mol. The van der Waals surface area contributed by atoms with E-state index in [2.05, 4.69) is 15.6 Å². The number of guanidine groups is 1. The van der Waals surface area contributed by atoms with Crippen molar-refractivity contribution in [3.05, 3.63) is 0 Å². The van der Waals surface area contributed by atoms with Crippen molar-refractivity contribution in [3.63, 3.8) is 0 Å². The number of hydrogen-bond donors (Lipinski definition) is 2. The summed E-state index contributed by atoms with van der Waals surface area (Å²) in [6.07, 6.45) is 0.904. The first-order valence-corrected chi connectivity index (χ1v) is 8.13. The van der Waals surface area contributed by atoms with E-state index in [0.717, 1.165) is 32.1 Å². The zero-order valence-corrected chi connectivity index (χ0v) is 16.5. The second-order valence-corrected chi connectivity index (χ2v) is 7.52. The Morgan fingerprint density at radius 2 is 1.95 bits per heavy atom. The summed E-state index contributed by atoms with van der Waals surface area (Å²) in [6.45, 7) is 10.9. The largest absolute Gasteiger partial charge is 0.385 e. The third-order valence-corrected chi connectivity index (χ3v) is 4.32. The molecule has 122 valence electrons. The van der Waals surface area contributed by atoms with Crippen LogP contribution in [0.25, 0.3) is 0 Å². The number of nitrogens with zero attached hydrogens (tertiary/aromatic N) is 1. The van der Waals surface area contributed by atoms with Crippen molar-refractivity contribution in [2.75, 3.05) is 39.1 Å². The SMILES string of the molecule is CCNC(=NCCCOC)NCCS(=O)C(C)(C)C.I. The summed E-state index contributed by atoms with van der Waals surface area (Å²) < 4.78 is 16.7. The third-order valence-electron chi connectivity index (χ3n) is 2.38. The zero-order valence-electron chi connectivity index (χ0n) is 13.3. The molecule has 20 heavy (non-hydrogen) atoms. The average Bonchev–Trinajstić information content (AvgIpc) is 2.33. The molecule has 0 aliphatic heterocycles. The molecule has 0 bridgehead atoms. The lowest BCUT2D eigenvalue weighted by molar-refractivity contribution is 0.197. The van der Waals surface area contributed by atoms with E-state index in [4.69, 9.17) is 4.74 Å². The van der Waals surface area contributed by atoms with Gasteiger partial charge in [0.15, 0.2) is 5.96 Å². The Morgan fingerprint density at radius 3 is 2.45 bits per heavy atom. The quantitative estimate of drug-likeness (QED) is 0.272. The van der Waals surface area contributed by atoms with Gasteiger partial charge in [0, 0.05) is 54.7 Å². The Kier molecular flexibility index (Phi) is 14.4. The molecule has 7 heteroatoms. The van der Waals surface area contributed by atoms with Crippen LogP contribution < -0.4 is 10.6 Å². The first-order valence-electron chi connectivity index (χ1n) is 6.81. The topological polar surface area (TPSA) is 62.7 Å². The molecule has 0 aromatic carbocycles. The summed E-state index contributed by atoms with van der Waals surface area (Å²) in [5.41, 5.74) is 0. The second-order valence-electron chi connectivity index (χ2n) is 5.20. The van der Waals surface area contributed by atoms with Crippen LogP contribution in [0, 0.1) is 0 Å². The molecule has 0 saturated carbocycles. The minimum absolute atomic E-state index is 0. The number of aliphatic imine (C=N–C) groups is 1. The third kappa shape index (κ3) is 11.9. The molecule has 1 unspecified atom stereocenters. The maximum Gasteiger partial charge on any atom is 0.191 e. The van der Waals surface area contributed by atoms with Crippen LogP contribution in [0.15, 0.2) is 4.99 Å². The fraction of sp³-hybridized carbons (Fsp3) is 0.923. The van der Waals surface area contributed by atoms with Crippen molar-refractivity contribution in [1.29, 1.82) is 0 Å². The predicted octanol–water partition coefficient (Wildman–Crippen LogP) is 1.74. The molecule has 1 atom stereocenters. The molecule has 0 rings (SSSR count). The molecule has 2 N–H and O–H groups in total. The number of ether oxygens (including phenoxy) is 1. The van der Waals surface area contributed by atoms with Crippen LogP contribution >= 0.6 is 24.0 Å². The molecule has 0 aromatic heterocycles. The Labute approximate surface area is 143 Å². The molecule has 0 saturated heterocycles. The molecule has 0 aliphatic rings. The molecule has 0 aromatic rings. The lowest BCUT2D eigenvalue weighted by Gasteiger charge is -2.18. The summed E-state index contributed by atoms with van der Waals surface area (Å²) in [6, 6.07) is 0. The van der Waals surface area contributed by atoms with Crippen molar-refractivity contribution in [3.8, 4) is 0 Å². The number of rotatable bonds is 8. The minimum atomic E-state index is -0.832. The molecule has 0 radical (unpaired) electrons. The lowest BCUT2D eigenvalue weighted by atomic mass is 10.3. The molecule has 0 fully saturated rings. The van der Waals surface area contributed by atoms with E-state index in [1.165, 1.54) is 0 Å². The summed E-state index contributed by atoms with van der Waals surface area (Å²) in [7, 11) is 0.858. The fourth-order valence-corrected chi connectivity index (χ4v) is 2.21. The van der Waals surface area contributed by atoms with Crippen molar-refractivity contribution >= 4 is 40.7 Å². The number of hydrogen-bond acceptors (Lipinski definition) is 3. The van der Waals surface area contributed by atoms with Gasteiger partial charge in [0.25, 0.3) is 0 Å². The van der Waals surface area contributed by atoms with E-state index < -0.39 is 10.8 Å². The lowest BCUT2D eigenvalue weighted by Crippen LogP contribution is -2.40. The van der Waals surface area contributed by atoms with Gasteiger partial charge in [-0.1, -0.05) is 0 Å². The molecule has 0 amide bonds.